The molecule has 0 heterocycles. The fourth-order valence-corrected chi connectivity index (χ4v) is 0.681. The van der Waals surface area contributed by atoms with E-state index in [9.17, 15) is 0 Å². The van der Waals surface area contributed by atoms with Gasteiger partial charge >= 0.3 is 0 Å². The fourth-order valence-electron chi connectivity index (χ4n) is 0.144. The first-order valence-electron chi connectivity index (χ1n) is 1.84. The second kappa shape index (κ2) is 5.44. The van der Waals surface area contributed by atoms with Crippen molar-refractivity contribution in [3.8, 4) is 0 Å². The lowest BCUT2D eigenvalue weighted by Gasteiger charge is -1.81. The summed E-state index contributed by atoms with van der Waals surface area (Å²) in [5.74, 6) is 2.04. The summed E-state index contributed by atoms with van der Waals surface area (Å²) in [6.45, 7) is 2.11. The van der Waals surface area contributed by atoms with E-state index in [1.807, 2.05) is 0 Å². The third-order valence-corrected chi connectivity index (χ3v) is 1.45. The first-order chi connectivity index (χ1) is 2.91. The molecule has 0 aromatic carbocycles. The average molecular weight is 119 g/mol. The normalized spacial score (nSPS) is 8.17. The molecule has 0 spiro atoms. The Morgan fingerprint density at radius 3 is 2.67 bits per heavy atom. The van der Waals surface area contributed by atoms with Gasteiger partial charge in [-0.15, -0.1) is 0 Å². The van der Waals surface area contributed by atoms with Crippen LogP contribution in [0.5, 0.6) is 0 Å². The molecule has 0 nitrogen and oxygen atoms in total. The Morgan fingerprint density at radius 2 is 2.50 bits per heavy atom. The zero-order chi connectivity index (χ0) is 4.83. The second-order valence-corrected chi connectivity index (χ2v) is 2.34. The number of thioether (sulfide) groups is 1. The molecule has 0 amide bonds. The molecular formula is C4H7S2. The second-order valence-electron chi connectivity index (χ2n) is 0.781. The van der Waals surface area contributed by atoms with E-state index in [4.69, 9.17) is 0 Å². The van der Waals surface area contributed by atoms with Crippen molar-refractivity contribution in [2.24, 2.45) is 0 Å². The monoisotopic (exact) mass is 119 g/mol. The van der Waals surface area contributed by atoms with Crippen molar-refractivity contribution in [2.45, 2.75) is 6.92 Å². The number of rotatable bonds is 3. The molecule has 35 valence electrons. The summed E-state index contributed by atoms with van der Waals surface area (Å²) in [6.07, 6.45) is 0. The lowest BCUT2D eigenvalue weighted by molar-refractivity contribution is 1.53. The molecule has 0 saturated heterocycles. The zero-order valence-electron chi connectivity index (χ0n) is 3.73. The lowest BCUT2D eigenvalue weighted by atomic mass is 11.0. The molecule has 0 aliphatic rings. The maximum absolute atomic E-state index is 4.45. The van der Waals surface area contributed by atoms with Crippen molar-refractivity contribution in [3.05, 3.63) is 0 Å². The molecule has 0 N–H and O–H groups in total. The summed E-state index contributed by atoms with van der Waals surface area (Å²) in [5, 5.41) is 2.61. The minimum atomic E-state index is 0.895. The molecule has 0 aliphatic heterocycles. The van der Waals surface area contributed by atoms with Crippen LogP contribution in [0.15, 0.2) is 0 Å². The van der Waals surface area contributed by atoms with Gasteiger partial charge in [0.15, 0.2) is 0 Å². The highest BCUT2D eigenvalue weighted by Gasteiger charge is 1.72. The van der Waals surface area contributed by atoms with Crippen LogP contribution in [0.2, 0.25) is 0 Å². The van der Waals surface area contributed by atoms with Crippen molar-refractivity contribution in [1.82, 2.24) is 0 Å². The molecule has 0 aromatic heterocycles. The van der Waals surface area contributed by atoms with Gasteiger partial charge in [0.25, 0.3) is 0 Å². The van der Waals surface area contributed by atoms with Crippen LogP contribution in [0.25, 0.3) is 0 Å². The van der Waals surface area contributed by atoms with Crippen LogP contribution in [0.4, 0.5) is 0 Å². The molecule has 2 heteroatoms. The van der Waals surface area contributed by atoms with Crippen molar-refractivity contribution >= 4 is 29.3 Å². The van der Waals surface area contributed by atoms with Gasteiger partial charge in [-0.25, -0.2) is 0 Å². The van der Waals surface area contributed by atoms with E-state index < -0.39 is 0 Å². The minimum Gasteiger partial charge on any atom is -0.157 e. The Bertz CT molecular complexity index is 34.5. The van der Waals surface area contributed by atoms with Crippen LogP contribution in [-0.4, -0.2) is 16.9 Å². The van der Waals surface area contributed by atoms with E-state index >= 15 is 0 Å². The Balaban J connectivity index is 2.49. The molecule has 1 radical (unpaired) electrons. The van der Waals surface area contributed by atoms with Crippen LogP contribution < -0.4 is 0 Å². The molecule has 0 aliphatic carbocycles. The number of thiocarbonyl (C=S) groups is 1. The lowest BCUT2D eigenvalue weighted by Crippen LogP contribution is -1.73. The highest BCUT2D eigenvalue weighted by molar-refractivity contribution is 8.00. The van der Waals surface area contributed by atoms with Crippen molar-refractivity contribution in [1.29, 1.82) is 0 Å². The van der Waals surface area contributed by atoms with E-state index in [0.717, 1.165) is 11.5 Å². The van der Waals surface area contributed by atoms with Crippen LogP contribution in [-0.2, 0) is 0 Å². The summed E-state index contributed by atoms with van der Waals surface area (Å²) in [4.78, 5) is 0. The summed E-state index contributed by atoms with van der Waals surface area (Å²) in [5.41, 5.74) is 0. The van der Waals surface area contributed by atoms with Gasteiger partial charge in [-0.2, -0.15) is 11.8 Å². The molecule has 0 saturated carbocycles. The molecule has 0 aromatic rings. The summed E-state index contributed by atoms with van der Waals surface area (Å²) < 4.78 is 0. The molecular weight excluding hydrogens is 112 g/mol. The molecule has 0 fully saturated rings. The Labute approximate surface area is 48.3 Å². The van der Waals surface area contributed by atoms with Crippen LogP contribution >= 0.6 is 24.0 Å². The Kier molecular flexibility index (Phi) is 5.84. The molecule has 0 atom stereocenters. The van der Waals surface area contributed by atoms with Gasteiger partial charge in [0, 0.05) is 11.1 Å². The number of hydrogen-bond acceptors (Lipinski definition) is 2. The highest BCUT2D eigenvalue weighted by atomic mass is 32.2. The predicted octanol–water partition coefficient (Wildman–Crippen LogP) is 1.62. The maximum atomic E-state index is 4.45. The SMILES string of the molecule is CCSC[C]=S. The Hall–Kier alpha value is 0.440. The summed E-state index contributed by atoms with van der Waals surface area (Å²) in [6, 6.07) is 0. The van der Waals surface area contributed by atoms with Gasteiger partial charge in [0.2, 0.25) is 0 Å². The first kappa shape index (κ1) is 6.44. The average Bonchev–Trinajstić information content (AvgIpc) is 1.61. The van der Waals surface area contributed by atoms with E-state index in [1.54, 1.807) is 11.8 Å². The molecule has 0 bridgehead atoms. The molecule has 6 heavy (non-hydrogen) atoms. The van der Waals surface area contributed by atoms with Crippen molar-refractivity contribution in [2.75, 3.05) is 11.5 Å². The van der Waals surface area contributed by atoms with E-state index in [-0.39, 0.29) is 0 Å². The summed E-state index contributed by atoms with van der Waals surface area (Å²) in [7, 11) is 0. The largest absolute Gasteiger partial charge is 0.157 e. The van der Waals surface area contributed by atoms with Crippen molar-refractivity contribution in [3.63, 3.8) is 0 Å². The molecule has 0 rings (SSSR count). The van der Waals surface area contributed by atoms with Gasteiger partial charge in [-0.1, -0.05) is 19.1 Å². The maximum Gasteiger partial charge on any atom is 0.0399 e. The Morgan fingerprint density at radius 1 is 1.83 bits per heavy atom. The van der Waals surface area contributed by atoms with Gasteiger partial charge in [-0.05, 0) is 5.75 Å². The van der Waals surface area contributed by atoms with Gasteiger partial charge in [0.1, 0.15) is 0 Å². The van der Waals surface area contributed by atoms with Gasteiger partial charge in [0.05, 0.1) is 0 Å². The van der Waals surface area contributed by atoms with Gasteiger partial charge in [-0.3, -0.25) is 0 Å². The van der Waals surface area contributed by atoms with E-state index in [2.05, 4.69) is 24.5 Å². The van der Waals surface area contributed by atoms with Crippen LogP contribution in [0, 0.1) is 0 Å². The first-order valence-corrected chi connectivity index (χ1v) is 3.41. The smallest absolute Gasteiger partial charge is 0.0399 e. The van der Waals surface area contributed by atoms with E-state index in [0.29, 0.717) is 0 Å². The topological polar surface area (TPSA) is 0 Å². The third kappa shape index (κ3) is 4.44. The predicted molar refractivity (Wildman–Crippen MR) is 35.6 cm³/mol. The number of hydrogen-bond donors (Lipinski definition) is 0. The fraction of sp³-hybridized carbons (Fsp3) is 0.750. The summed E-state index contributed by atoms with van der Waals surface area (Å²) >= 11 is 6.24. The van der Waals surface area contributed by atoms with E-state index in [1.165, 1.54) is 0 Å². The quantitative estimate of drug-likeness (QED) is 0.409. The zero-order valence-corrected chi connectivity index (χ0v) is 5.36. The van der Waals surface area contributed by atoms with Gasteiger partial charge < -0.3 is 0 Å². The minimum absolute atomic E-state index is 0.895. The standard InChI is InChI=1S/C4H7S2/c1-2-6-4-3-5/h2,4H2,1H3. The van der Waals surface area contributed by atoms with Crippen LogP contribution in [0.3, 0.4) is 0 Å². The highest BCUT2D eigenvalue weighted by Crippen LogP contribution is 1.93. The third-order valence-electron chi connectivity index (χ3n) is 0.365. The molecule has 0 unspecified atom stereocenters. The van der Waals surface area contributed by atoms with Crippen LogP contribution in [0.1, 0.15) is 6.92 Å². The van der Waals surface area contributed by atoms with Crippen molar-refractivity contribution < 1.29 is 0 Å².